The highest BCUT2D eigenvalue weighted by Gasteiger charge is 2.14. The van der Waals surface area contributed by atoms with Crippen molar-refractivity contribution in [3.05, 3.63) is 70.5 Å². The molecule has 0 bridgehead atoms. The van der Waals surface area contributed by atoms with Gasteiger partial charge in [0.05, 0.1) is 0 Å². The molecular formula is C17H19ClFN. The molecule has 2 atom stereocenters. The van der Waals surface area contributed by atoms with Crippen molar-refractivity contribution in [3.8, 4) is 0 Å². The van der Waals surface area contributed by atoms with Gasteiger partial charge >= 0.3 is 0 Å². The molecule has 3 heteroatoms. The van der Waals surface area contributed by atoms with Crippen LogP contribution in [-0.2, 0) is 0 Å². The summed E-state index contributed by atoms with van der Waals surface area (Å²) in [5.74, 6) is -0.196. The zero-order valence-electron chi connectivity index (χ0n) is 11.7. The maximum absolute atomic E-state index is 13.3. The lowest BCUT2D eigenvalue weighted by Crippen LogP contribution is -2.24. The van der Waals surface area contributed by atoms with Crippen LogP contribution in [0.2, 0.25) is 5.02 Å². The predicted octanol–water partition coefficient (Wildman–Crippen LogP) is 5.28. The van der Waals surface area contributed by atoms with Gasteiger partial charge in [-0.25, -0.2) is 4.39 Å². The highest BCUT2D eigenvalue weighted by Crippen LogP contribution is 2.24. The molecule has 0 spiro atoms. The van der Waals surface area contributed by atoms with E-state index in [2.05, 4.69) is 19.2 Å². The standard InChI is InChI=1S/C17H19ClFN/c1-3-17(14-7-5-9-16(19)11-14)20-12(2)13-6-4-8-15(18)10-13/h4-12,17,20H,3H2,1-2H3/t12-,17?/m0/s1. The van der Waals surface area contributed by atoms with Crippen LogP contribution in [0.3, 0.4) is 0 Å². The number of hydrogen-bond acceptors (Lipinski definition) is 1. The summed E-state index contributed by atoms with van der Waals surface area (Å²) in [4.78, 5) is 0. The molecule has 1 unspecified atom stereocenters. The third kappa shape index (κ3) is 3.81. The van der Waals surface area contributed by atoms with Gasteiger partial charge in [0.2, 0.25) is 0 Å². The molecule has 0 saturated heterocycles. The summed E-state index contributed by atoms with van der Waals surface area (Å²) in [5, 5.41) is 4.26. The monoisotopic (exact) mass is 291 g/mol. The molecule has 0 fully saturated rings. The summed E-state index contributed by atoms with van der Waals surface area (Å²) in [6.07, 6.45) is 0.897. The molecule has 1 N–H and O–H groups in total. The molecule has 0 aliphatic heterocycles. The van der Waals surface area contributed by atoms with Crippen molar-refractivity contribution >= 4 is 11.6 Å². The summed E-state index contributed by atoms with van der Waals surface area (Å²) < 4.78 is 13.3. The van der Waals surface area contributed by atoms with Crippen LogP contribution >= 0.6 is 11.6 Å². The lowest BCUT2D eigenvalue weighted by molar-refractivity contribution is 0.454. The first-order valence-corrected chi connectivity index (χ1v) is 7.25. The Morgan fingerprint density at radius 3 is 2.45 bits per heavy atom. The number of benzene rings is 2. The first-order valence-electron chi connectivity index (χ1n) is 6.87. The summed E-state index contributed by atoms with van der Waals surface area (Å²) >= 11 is 6.02. The summed E-state index contributed by atoms with van der Waals surface area (Å²) in [6.45, 7) is 4.18. The Morgan fingerprint density at radius 2 is 1.80 bits per heavy atom. The molecular weight excluding hydrogens is 273 g/mol. The number of nitrogens with one attached hydrogen (secondary N) is 1. The third-order valence-corrected chi connectivity index (χ3v) is 3.69. The van der Waals surface area contributed by atoms with Crippen molar-refractivity contribution in [2.45, 2.75) is 32.4 Å². The van der Waals surface area contributed by atoms with E-state index in [0.29, 0.717) is 0 Å². The van der Waals surface area contributed by atoms with Crippen molar-refractivity contribution in [2.24, 2.45) is 0 Å². The van der Waals surface area contributed by atoms with Crippen molar-refractivity contribution < 1.29 is 4.39 Å². The zero-order valence-corrected chi connectivity index (χ0v) is 12.5. The molecule has 2 aromatic rings. The normalized spacial score (nSPS) is 14.0. The second-order valence-electron chi connectivity index (χ2n) is 4.96. The van der Waals surface area contributed by atoms with Crippen LogP contribution in [-0.4, -0.2) is 0 Å². The Hall–Kier alpha value is -1.38. The largest absolute Gasteiger partial charge is 0.303 e. The van der Waals surface area contributed by atoms with Crippen molar-refractivity contribution in [2.75, 3.05) is 0 Å². The van der Waals surface area contributed by atoms with Crippen LogP contribution in [0, 0.1) is 5.82 Å². The third-order valence-electron chi connectivity index (χ3n) is 3.46. The molecule has 0 aliphatic carbocycles. The van der Waals surface area contributed by atoms with Gasteiger partial charge in [-0.1, -0.05) is 42.8 Å². The average molecular weight is 292 g/mol. The highest BCUT2D eigenvalue weighted by atomic mass is 35.5. The minimum Gasteiger partial charge on any atom is -0.303 e. The maximum Gasteiger partial charge on any atom is 0.123 e. The SMILES string of the molecule is CCC(N[C@@H](C)c1cccc(Cl)c1)c1cccc(F)c1. The van der Waals surface area contributed by atoms with Gasteiger partial charge in [0.15, 0.2) is 0 Å². The molecule has 2 rings (SSSR count). The smallest absolute Gasteiger partial charge is 0.123 e. The Morgan fingerprint density at radius 1 is 1.10 bits per heavy atom. The molecule has 0 saturated carbocycles. The van der Waals surface area contributed by atoms with Gasteiger partial charge in [-0.3, -0.25) is 0 Å². The average Bonchev–Trinajstić information content (AvgIpc) is 2.44. The van der Waals surface area contributed by atoms with E-state index in [1.54, 1.807) is 12.1 Å². The predicted molar refractivity (Wildman–Crippen MR) is 82.4 cm³/mol. The van der Waals surface area contributed by atoms with E-state index >= 15 is 0 Å². The van der Waals surface area contributed by atoms with E-state index < -0.39 is 0 Å². The van der Waals surface area contributed by atoms with Crippen LogP contribution in [0.15, 0.2) is 48.5 Å². The van der Waals surface area contributed by atoms with E-state index in [1.165, 1.54) is 6.07 Å². The molecule has 0 amide bonds. The second-order valence-corrected chi connectivity index (χ2v) is 5.40. The summed E-state index contributed by atoms with van der Waals surface area (Å²) in [7, 11) is 0. The number of halogens is 2. The highest BCUT2D eigenvalue weighted by molar-refractivity contribution is 6.30. The molecule has 0 radical (unpaired) electrons. The lowest BCUT2D eigenvalue weighted by Gasteiger charge is -2.23. The number of rotatable bonds is 5. The molecule has 2 aromatic carbocycles. The summed E-state index contributed by atoms with van der Waals surface area (Å²) in [6, 6.07) is 14.8. The van der Waals surface area contributed by atoms with Gasteiger partial charge < -0.3 is 5.32 Å². The Bertz CT molecular complexity index is 570. The van der Waals surface area contributed by atoms with Gasteiger partial charge in [-0.15, -0.1) is 0 Å². The van der Waals surface area contributed by atoms with Crippen LogP contribution < -0.4 is 5.32 Å². The molecule has 0 aromatic heterocycles. The Labute approximate surface area is 124 Å². The van der Waals surface area contributed by atoms with Crippen molar-refractivity contribution in [1.82, 2.24) is 5.32 Å². The molecule has 0 aliphatic rings. The van der Waals surface area contributed by atoms with Crippen LogP contribution in [0.4, 0.5) is 4.39 Å². The second kappa shape index (κ2) is 6.87. The van der Waals surface area contributed by atoms with Gasteiger partial charge in [0.1, 0.15) is 5.82 Å². The fourth-order valence-corrected chi connectivity index (χ4v) is 2.55. The van der Waals surface area contributed by atoms with E-state index in [4.69, 9.17) is 11.6 Å². The quantitative estimate of drug-likeness (QED) is 0.790. The number of hydrogen-bond donors (Lipinski definition) is 1. The Balaban J connectivity index is 2.14. The molecule has 106 valence electrons. The van der Waals surface area contributed by atoms with Crippen molar-refractivity contribution in [1.29, 1.82) is 0 Å². The first-order chi connectivity index (χ1) is 9.60. The van der Waals surface area contributed by atoms with Gasteiger partial charge in [0, 0.05) is 17.1 Å². The molecule has 1 nitrogen and oxygen atoms in total. The summed E-state index contributed by atoms with van der Waals surface area (Å²) in [5.41, 5.74) is 2.11. The topological polar surface area (TPSA) is 12.0 Å². The van der Waals surface area contributed by atoms with Gasteiger partial charge in [-0.2, -0.15) is 0 Å². The fraction of sp³-hybridized carbons (Fsp3) is 0.294. The van der Waals surface area contributed by atoms with E-state index in [0.717, 1.165) is 22.6 Å². The van der Waals surface area contributed by atoms with Crippen LogP contribution in [0.5, 0.6) is 0 Å². The van der Waals surface area contributed by atoms with Crippen molar-refractivity contribution in [3.63, 3.8) is 0 Å². The van der Waals surface area contributed by atoms with E-state index in [1.807, 2.05) is 30.3 Å². The van der Waals surface area contributed by atoms with E-state index in [-0.39, 0.29) is 17.9 Å². The van der Waals surface area contributed by atoms with E-state index in [9.17, 15) is 4.39 Å². The minimum atomic E-state index is -0.196. The lowest BCUT2D eigenvalue weighted by atomic mass is 10.0. The maximum atomic E-state index is 13.3. The minimum absolute atomic E-state index is 0.125. The fourth-order valence-electron chi connectivity index (χ4n) is 2.35. The van der Waals surface area contributed by atoms with Gasteiger partial charge in [-0.05, 0) is 48.7 Å². The van der Waals surface area contributed by atoms with Gasteiger partial charge in [0.25, 0.3) is 0 Å². The van der Waals surface area contributed by atoms with Crippen LogP contribution in [0.1, 0.15) is 43.5 Å². The Kier molecular flexibility index (Phi) is 5.16. The first kappa shape index (κ1) is 15.0. The van der Waals surface area contributed by atoms with Crippen LogP contribution in [0.25, 0.3) is 0 Å². The zero-order chi connectivity index (χ0) is 14.5. The molecule has 0 heterocycles. The molecule has 20 heavy (non-hydrogen) atoms.